The molecule has 0 N–H and O–H groups in total. The fourth-order valence-electron chi connectivity index (χ4n) is 2.86. The summed E-state index contributed by atoms with van der Waals surface area (Å²) in [5, 5.41) is 0. The number of hydrogen-bond acceptors (Lipinski definition) is 4. The maximum absolute atomic E-state index is 13.1. The molecule has 1 aromatic heterocycles. The highest BCUT2D eigenvalue weighted by molar-refractivity contribution is 6.09. The van der Waals surface area contributed by atoms with Gasteiger partial charge >= 0.3 is 5.69 Å². The van der Waals surface area contributed by atoms with E-state index in [1.54, 1.807) is 19.2 Å². The predicted octanol–water partition coefficient (Wildman–Crippen LogP) is 1.67. The van der Waals surface area contributed by atoms with Crippen LogP contribution < -0.4 is 11.2 Å². The lowest BCUT2D eigenvalue weighted by atomic mass is 9.86. The van der Waals surface area contributed by atoms with Crippen LogP contribution in [0.5, 0.6) is 0 Å². The average Bonchev–Trinajstić information content (AvgIpc) is 2.56. The molecule has 26 heavy (non-hydrogen) atoms. The Kier molecular flexibility index (Phi) is 5.37. The monoisotopic (exact) mass is 357 g/mol. The number of nitrogens with zero attached hydrogens (tertiary/aromatic N) is 3. The van der Waals surface area contributed by atoms with Gasteiger partial charge in [-0.2, -0.15) is 0 Å². The van der Waals surface area contributed by atoms with Gasteiger partial charge in [0.05, 0.1) is 5.69 Å². The minimum Gasteiger partial charge on any atom is -0.304 e. The molecule has 0 saturated carbocycles. The Labute approximate surface area is 153 Å². The molecule has 0 spiro atoms. The third-order valence-corrected chi connectivity index (χ3v) is 4.49. The van der Waals surface area contributed by atoms with E-state index < -0.39 is 11.2 Å². The second-order valence-electron chi connectivity index (χ2n) is 7.92. The number of carbonyl (C=O) groups excluding carboxylic acids is 1. The average molecular weight is 357 g/mol. The number of rotatable bonds is 4. The molecule has 6 heteroatoms. The first-order valence-electron chi connectivity index (χ1n) is 8.54. The van der Waals surface area contributed by atoms with Gasteiger partial charge in [-0.1, -0.05) is 45.0 Å². The third kappa shape index (κ3) is 3.70. The van der Waals surface area contributed by atoms with Crippen LogP contribution in [-0.2, 0) is 26.1 Å². The summed E-state index contributed by atoms with van der Waals surface area (Å²) in [4.78, 5) is 39.9. The smallest absolute Gasteiger partial charge is 0.304 e. The van der Waals surface area contributed by atoms with Gasteiger partial charge < -0.3 is 4.90 Å². The van der Waals surface area contributed by atoms with E-state index in [-0.39, 0.29) is 16.8 Å². The van der Waals surface area contributed by atoms with Crippen molar-refractivity contribution in [1.82, 2.24) is 14.0 Å². The van der Waals surface area contributed by atoms with Crippen LogP contribution in [0.3, 0.4) is 0 Å². The molecule has 0 radical (unpaired) electrons. The summed E-state index contributed by atoms with van der Waals surface area (Å²) >= 11 is 0. The molecule has 0 aliphatic heterocycles. The van der Waals surface area contributed by atoms with Crippen molar-refractivity contribution in [2.24, 2.45) is 14.1 Å². The lowest BCUT2D eigenvalue weighted by Gasteiger charge is -2.20. The van der Waals surface area contributed by atoms with Crippen molar-refractivity contribution in [2.45, 2.75) is 32.7 Å². The highest BCUT2D eigenvalue weighted by Gasteiger charge is 2.24. The second kappa shape index (κ2) is 7.03. The summed E-state index contributed by atoms with van der Waals surface area (Å²) in [6.07, 6.45) is 0. The van der Waals surface area contributed by atoms with Gasteiger partial charge in [-0.05, 0) is 25.1 Å². The van der Waals surface area contributed by atoms with E-state index in [1.807, 2.05) is 31.1 Å². The third-order valence-electron chi connectivity index (χ3n) is 4.49. The number of hydrogen-bond donors (Lipinski definition) is 0. The fourth-order valence-corrected chi connectivity index (χ4v) is 2.86. The van der Waals surface area contributed by atoms with Crippen LogP contribution in [0.1, 0.15) is 48.0 Å². The van der Waals surface area contributed by atoms with E-state index in [4.69, 9.17) is 0 Å². The standard InChI is InChI=1S/C20H27N3O3/c1-20(2,3)14-10-8-13(9-11-14)17(24)16-15(12-21(4)5)22(6)19(26)23(7)18(16)25/h8-11H,12H2,1-7H3. The molecule has 0 unspecified atom stereocenters. The molecule has 1 aromatic carbocycles. The Bertz CT molecular complexity index is 942. The first-order valence-corrected chi connectivity index (χ1v) is 8.54. The molecule has 2 aromatic rings. The van der Waals surface area contributed by atoms with Gasteiger partial charge in [0.15, 0.2) is 5.78 Å². The molecule has 0 aliphatic carbocycles. The molecule has 0 bridgehead atoms. The number of aromatic nitrogens is 2. The molecular formula is C20H27N3O3. The van der Waals surface area contributed by atoms with Crippen LogP contribution in [-0.4, -0.2) is 33.9 Å². The van der Waals surface area contributed by atoms with Crippen molar-refractivity contribution in [3.05, 3.63) is 67.5 Å². The second-order valence-corrected chi connectivity index (χ2v) is 7.92. The van der Waals surface area contributed by atoms with Crippen molar-refractivity contribution in [2.75, 3.05) is 14.1 Å². The van der Waals surface area contributed by atoms with Crippen LogP contribution in [0, 0.1) is 0 Å². The minimum atomic E-state index is -0.560. The summed E-state index contributed by atoms with van der Waals surface area (Å²) in [7, 11) is 6.63. The molecule has 0 amide bonds. The zero-order valence-electron chi connectivity index (χ0n) is 16.6. The van der Waals surface area contributed by atoms with Gasteiger partial charge in [0, 0.05) is 26.2 Å². The maximum Gasteiger partial charge on any atom is 0.330 e. The Morgan fingerprint density at radius 3 is 2.00 bits per heavy atom. The molecule has 2 rings (SSSR count). The molecule has 0 fully saturated rings. The normalized spacial score (nSPS) is 11.8. The number of ketones is 1. The van der Waals surface area contributed by atoms with Crippen molar-refractivity contribution in [3.8, 4) is 0 Å². The molecule has 0 aliphatic rings. The number of carbonyl (C=O) groups is 1. The van der Waals surface area contributed by atoms with Crippen LogP contribution in [0.4, 0.5) is 0 Å². The lowest BCUT2D eigenvalue weighted by molar-refractivity contribution is 0.103. The molecule has 0 saturated heterocycles. The van der Waals surface area contributed by atoms with Gasteiger partial charge in [-0.15, -0.1) is 0 Å². The SMILES string of the molecule is CN(C)Cc1c(C(=O)c2ccc(C(C)(C)C)cc2)c(=O)n(C)c(=O)n1C. The van der Waals surface area contributed by atoms with E-state index >= 15 is 0 Å². The zero-order valence-corrected chi connectivity index (χ0v) is 16.6. The van der Waals surface area contributed by atoms with E-state index in [9.17, 15) is 14.4 Å². The van der Waals surface area contributed by atoms with Gasteiger partial charge in [-0.3, -0.25) is 18.7 Å². The van der Waals surface area contributed by atoms with Gasteiger partial charge in [0.1, 0.15) is 5.56 Å². The molecule has 1 heterocycles. The topological polar surface area (TPSA) is 64.3 Å². The largest absolute Gasteiger partial charge is 0.330 e. The highest BCUT2D eigenvalue weighted by Crippen LogP contribution is 2.23. The molecular weight excluding hydrogens is 330 g/mol. The Morgan fingerprint density at radius 2 is 1.54 bits per heavy atom. The van der Waals surface area contributed by atoms with E-state index in [0.717, 1.165) is 10.1 Å². The Balaban J connectivity index is 2.65. The fraction of sp³-hybridized carbons (Fsp3) is 0.450. The summed E-state index contributed by atoms with van der Waals surface area (Å²) < 4.78 is 2.36. The van der Waals surface area contributed by atoms with E-state index in [2.05, 4.69) is 20.8 Å². The quantitative estimate of drug-likeness (QED) is 0.781. The predicted molar refractivity (Wildman–Crippen MR) is 103 cm³/mol. The summed E-state index contributed by atoms with van der Waals surface area (Å²) in [6.45, 7) is 6.62. The van der Waals surface area contributed by atoms with Crippen LogP contribution >= 0.6 is 0 Å². The summed E-state index contributed by atoms with van der Waals surface area (Å²) in [5.41, 5.74) is 0.996. The zero-order chi connectivity index (χ0) is 19.8. The van der Waals surface area contributed by atoms with Crippen molar-refractivity contribution >= 4 is 5.78 Å². The summed E-state index contributed by atoms with van der Waals surface area (Å²) in [6, 6.07) is 7.30. The minimum absolute atomic E-state index is 0.0234. The van der Waals surface area contributed by atoms with Crippen LogP contribution in [0.25, 0.3) is 0 Å². The molecule has 0 atom stereocenters. The van der Waals surface area contributed by atoms with Crippen LogP contribution in [0.15, 0.2) is 33.9 Å². The molecule has 140 valence electrons. The molecule has 6 nitrogen and oxygen atoms in total. The highest BCUT2D eigenvalue weighted by atomic mass is 16.2. The maximum atomic E-state index is 13.1. The Hall–Kier alpha value is -2.47. The summed E-state index contributed by atoms with van der Waals surface area (Å²) in [5.74, 6) is -0.362. The van der Waals surface area contributed by atoms with Crippen molar-refractivity contribution in [1.29, 1.82) is 0 Å². The lowest BCUT2D eigenvalue weighted by Crippen LogP contribution is -2.43. The van der Waals surface area contributed by atoms with Crippen LogP contribution in [0.2, 0.25) is 0 Å². The number of benzene rings is 1. The van der Waals surface area contributed by atoms with Crippen molar-refractivity contribution < 1.29 is 4.79 Å². The van der Waals surface area contributed by atoms with Crippen molar-refractivity contribution in [3.63, 3.8) is 0 Å². The van der Waals surface area contributed by atoms with E-state index in [0.29, 0.717) is 17.8 Å². The van der Waals surface area contributed by atoms with Gasteiger partial charge in [0.2, 0.25) is 0 Å². The first kappa shape index (κ1) is 19.8. The van der Waals surface area contributed by atoms with Gasteiger partial charge in [0.25, 0.3) is 5.56 Å². The first-order chi connectivity index (χ1) is 11.9. The van der Waals surface area contributed by atoms with Gasteiger partial charge in [-0.25, -0.2) is 4.79 Å². The van der Waals surface area contributed by atoms with E-state index in [1.165, 1.54) is 11.6 Å². The Morgan fingerprint density at radius 1 is 1.00 bits per heavy atom.